The van der Waals surface area contributed by atoms with Gasteiger partial charge in [0.1, 0.15) is 10.8 Å². The van der Waals surface area contributed by atoms with E-state index in [4.69, 9.17) is 0 Å². The molecule has 1 heterocycles. The summed E-state index contributed by atoms with van der Waals surface area (Å²) < 4.78 is 0. The van der Waals surface area contributed by atoms with Crippen molar-refractivity contribution in [2.24, 2.45) is 0 Å². The Labute approximate surface area is 92.4 Å². The smallest absolute Gasteiger partial charge is 0.118 e. The quantitative estimate of drug-likeness (QED) is 0.782. The average molecular weight is 220 g/mol. The fraction of sp³-hybridized carbons (Fsp3) is 0.182. The number of anilines is 1. The number of hydrogen-bond donors (Lipinski definition) is 2. The van der Waals surface area contributed by atoms with E-state index in [-0.39, 0.29) is 0 Å². The van der Waals surface area contributed by atoms with Crippen LogP contribution in [0.2, 0.25) is 0 Å². The van der Waals surface area contributed by atoms with Crippen molar-refractivity contribution in [3.63, 3.8) is 0 Å². The van der Waals surface area contributed by atoms with Crippen molar-refractivity contribution >= 4 is 17.0 Å². The summed E-state index contributed by atoms with van der Waals surface area (Å²) in [6, 6.07) is 5.47. The molecule has 0 aliphatic heterocycles. The van der Waals surface area contributed by atoms with Gasteiger partial charge in [-0.05, 0) is 30.7 Å². The van der Waals surface area contributed by atoms with Crippen LogP contribution in [-0.4, -0.2) is 10.1 Å². The first-order valence-corrected chi connectivity index (χ1v) is 5.55. The molecular weight excluding hydrogens is 208 g/mol. The number of aryl methyl sites for hydroxylation is 1. The lowest BCUT2D eigenvalue weighted by Gasteiger charge is -2.06. The summed E-state index contributed by atoms with van der Waals surface area (Å²) in [6.45, 7) is 2.60. The van der Waals surface area contributed by atoms with Crippen LogP contribution in [0, 0.1) is 6.92 Å². The van der Waals surface area contributed by atoms with Gasteiger partial charge in [-0.15, -0.1) is 11.3 Å². The van der Waals surface area contributed by atoms with E-state index >= 15 is 0 Å². The summed E-state index contributed by atoms with van der Waals surface area (Å²) in [4.78, 5) is 4.18. The van der Waals surface area contributed by atoms with Gasteiger partial charge < -0.3 is 10.4 Å². The van der Waals surface area contributed by atoms with Crippen molar-refractivity contribution in [2.45, 2.75) is 13.5 Å². The van der Waals surface area contributed by atoms with Gasteiger partial charge in [-0.25, -0.2) is 4.98 Å². The Bertz CT molecular complexity index is 440. The standard InChI is InChI=1S/C11H12N2OS/c1-8-6-9(2-3-10(8)14)13-7-11-12-4-5-15-11/h2-6,13-14H,7H2,1H3. The summed E-state index contributed by atoms with van der Waals surface area (Å²) >= 11 is 1.63. The summed E-state index contributed by atoms with van der Waals surface area (Å²) in [7, 11) is 0. The molecule has 1 aromatic carbocycles. The van der Waals surface area contributed by atoms with E-state index in [0.29, 0.717) is 5.75 Å². The zero-order valence-corrected chi connectivity index (χ0v) is 9.21. The molecule has 0 amide bonds. The van der Waals surface area contributed by atoms with Crippen molar-refractivity contribution in [3.05, 3.63) is 40.3 Å². The van der Waals surface area contributed by atoms with Crippen LogP contribution < -0.4 is 5.32 Å². The summed E-state index contributed by atoms with van der Waals surface area (Å²) in [5.74, 6) is 0.329. The molecule has 0 atom stereocenters. The molecule has 0 bridgehead atoms. The lowest BCUT2D eigenvalue weighted by molar-refractivity contribution is 0.471. The number of phenolic OH excluding ortho intramolecular Hbond substituents is 1. The second kappa shape index (κ2) is 4.31. The molecule has 0 aliphatic carbocycles. The zero-order valence-electron chi connectivity index (χ0n) is 8.40. The highest BCUT2D eigenvalue weighted by Gasteiger charge is 1.99. The monoisotopic (exact) mass is 220 g/mol. The minimum atomic E-state index is 0.329. The predicted octanol–water partition coefficient (Wildman–Crippen LogP) is 2.77. The molecule has 0 fully saturated rings. The normalized spacial score (nSPS) is 10.2. The van der Waals surface area contributed by atoms with Crippen LogP contribution in [-0.2, 0) is 6.54 Å². The van der Waals surface area contributed by atoms with E-state index < -0.39 is 0 Å². The van der Waals surface area contributed by atoms with Crippen LogP contribution in [0.3, 0.4) is 0 Å². The first-order chi connectivity index (χ1) is 7.25. The number of aromatic hydroxyl groups is 1. The zero-order chi connectivity index (χ0) is 10.7. The van der Waals surface area contributed by atoms with Crippen molar-refractivity contribution in [1.82, 2.24) is 4.98 Å². The lowest BCUT2D eigenvalue weighted by atomic mass is 10.2. The number of nitrogens with one attached hydrogen (secondary N) is 1. The van der Waals surface area contributed by atoms with E-state index in [0.717, 1.165) is 22.8 Å². The molecule has 78 valence electrons. The Morgan fingerprint density at radius 1 is 1.47 bits per heavy atom. The summed E-state index contributed by atoms with van der Waals surface area (Å²) in [5.41, 5.74) is 1.87. The van der Waals surface area contributed by atoms with Crippen LogP contribution in [0.4, 0.5) is 5.69 Å². The van der Waals surface area contributed by atoms with Gasteiger partial charge in [0, 0.05) is 17.3 Å². The SMILES string of the molecule is Cc1cc(NCc2nccs2)ccc1O. The van der Waals surface area contributed by atoms with Crippen LogP contribution in [0.25, 0.3) is 0 Å². The molecule has 0 unspecified atom stereocenters. The molecule has 0 spiro atoms. The van der Waals surface area contributed by atoms with E-state index in [1.54, 1.807) is 23.6 Å². The van der Waals surface area contributed by atoms with Crippen LogP contribution in [0.5, 0.6) is 5.75 Å². The Kier molecular flexibility index (Phi) is 2.87. The molecule has 4 heteroatoms. The van der Waals surface area contributed by atoms with Crippen LogP contribution in [0.1, 0.15) is 10.6 Å². The second-order valence-corrected chi connectivity index (χ2v) is 4.26. The number of benzene rings is 1. The van der Waals surface area contributed by atoms with Gasteiger partial charge in [-0.3, -0.25) is 0 Å². The Morgan fingerprint density at radius 3 is 3.00 bits per heavy atom. The van der Waals surface area contributed by atoms with Crippen molar-refractivity contribution < 1.29 is 5.11 Å². The largest absolute Gasteiger partial charge is 0.508 e. The number of hydrogen-bond acceptors (Lipinski definition) is 4. The fourth-order valence-electron chi connectivity index (χ4n) is 1.28. The minimum absolute atomic E-state index is 0.329. The maximum Gasteiger partial charge on any atom is 0.118 e. The maximum atomic E-state index is 9.36. The van der Waals surface area contributed by atoms with Gasteiger partial charge in [0.05, 0.1) is 6.54 Å². The molecule has 0 radical (unpaired) electrons. The molecule has 0 saturated heterocycles. The first kappa shape index (κ1) is 9.98. The third kappa shape index (κ3) is 2.47. The maximum absolute atomic E-state index is 9.36. The molecule has 2 rings (SSSR count). The number of phenols is 1. The molecule has 0 aliphatic rings. The third-order valence-corrected chi connectivity index (χ3v) is 2.90. The molecule has 2 N–H and O–H groups in total. The summed E-state index contributed by atoms with van der Waals surface area (Å²) in [6.07, 6.45) is 1.80. The predicted molar refractivity (Wildman–Crippen MR) is 62.3 cm³/mol. The van der Waals surface area contributed by atoms with Crippen LogP contribution in [0.15, 0.2) is 29.8 Å². The Hall–Kier alpha value is -1.55. The Balaban J connectivity index is 2.02. The van der Waals surface area contributed by atoms with Gasteiger partial charge in [-0.1, -0.05) is 0 Å². The minimum Gasteiger partial charge on any atom is -0.508 e. The molecule has 3 nitrogen and oxygen atoms in total. The average Bonchev–Trinajstić information content (AvgIpc) is 2.73. The van der Waals surface area contributed by atoms with Crippen molar-refractivity contribution in [1.29, 1.82) is 0 Å². The van der Waals surface area contributed by atoms with Gasteiger partial charge in [-0.2, -0.15) is 0 Å². The van der Waals surface area contributed by atoms with E-state index in [2.05, 4.69) is 10.3 Å². The topological polar surface area (TPSA) is 45.2 Å². The number of rotatable bonds is 3. The number of thiazole rings is 1. The number of nitrogens with zero attached hydrogens (tertiary/aromatic N) is 1. The fourth-order valence-corrected chi connectivity index (χ4v) is 1.84. The Morgan fingerprint density at radius 2 is 2.33 bits per heavy atom. The van der Waals surface area contributed by atoms with E-state index in [1.165, 1.54) is 0 Å². The molecule has 15 heavy (non-hydrogen) atoms. The highest BCUT2D eigenvalue weighted by molar-refractivity contribution is 7.09. The van der Waals surface area contributed by atoms with Gasteiger partial charge >= 0.3 is 0 Å². The van der Waals surface area contributed by atoms with Gasteiger partial charge in [0.15, 0.2) is 0 Å². The lowest BCUT2D eigenvalue weighted by Crippen LogP contribution is -1.98. The van der Waals surface area contributed by atoms with Crippen LogP contribution >= 0.6 is 11.3 Å². The third-order valence-electron chi connectivity index (χ3n) is 2.12. The van der Waals surface area contributed by atoms with Gasteiger partial charge in [0.25, 0.3) is 0 Å². The summed E-state index contributed by atoms with van der Waals surface area (Å²) in [5, 5.41) is 15.6. The highest BCUT2D eigenvalue weighted by Crippen LogP contribution is 2.20. The van der Waals surface area contributed by atoms with Crippen molar-refractivity contribution in [3.8, 4) is 5.75 Å². The molecule has 2 aromatic rings. The molecule has 0 saturated carbocycles. The molecule has 1 aromatic heterocycles. The first-order valence-electron chi connectivity index (χ1n) is 4.67. The van der Waals surface area contributed by atoms with E-state index in [9.17, 15) is 5.11 Å². The van der Waals surface area contributed by atoms with Gasteiger partial charge in [0.2, 0.25) is 0 Å². The number of aromatic nitrogens is 1. The highest BCUT2D eigenvalue weighted by atomic mass is 32.1. The second-order valence-electron chi connectivity index (χ2n) is 3.28. The van der Waals surface area contributed by atoms with E-state index in [1.807, 2.05) is 24.4 Å². The molecular formula is C11H12N2OS. The van der Waals surface area contributed by atoms with Crippen molar-refractivity contribution in [2.75, 3.05) is 5.32 Å².